The second-order valence-corrected chi connectivity index (χ2v) is 4.67. The monoisotopic (exact) mass is 272 g/mol. The van der Waals surface area contributed by atoms with Gasteiger partial charge in [0.15, 0.2) is 0 Å². The molecule has 0 saturated carbocycles. The van der Waals surface area contributed by atoms with Gasteiger partial charge in [0.05, 0.1) is 7.11 Å². The first-order chi connectivity index (χ1) is 9.63. The van der Waals surface area contributed by atoms with Crippen LogP contribution in [0.4, 0.5) is 0 Å². The Hall–Kier alpha value is -2.07. The third-order valence-electron chi connectivity index (χ3n) is 3.18. The molecule has 20 heavy (non-hydrogen) atoms. The smallest absolute Gasteiger partial charge is 0.127 e. The topological polar surface area (TPSA) is 57.4 Å². The first-order valence-electron chi connectivity index (χ1n) is 6.57. The lowest BCUT2D eigenvalue weighted by molar-refractivity contribution is 0.301. The van der Waals surface area contributed by atoms with Crippen LogP contribution in [0.3, 0.4) is 0 Å². The van der Waals surface area contributed by atoms with Gasteiger partial charge in [-0.25, -0.2) is 0 Å². The van der Waals surface area contributed by atoms with Crippen molar-refractivity contribution in [1.29, 1.82) is 0 Å². The quantitative estimate of drug-likeness (QED) is 0.909. The molecule has 4 nitrogen and oxygen atoms in total. The van der Waals surface area contributed by atoms with Crippen molar-refractivity contribution in [2.75, 3.05) is 7.11 Å². The van der Waals surface area contributed by atoms with Gasteiger partial charge < -0.3 is 15.2 Å². The third-order valence-corrected chi connectivity index (χ3v) is 3.18. The number of rotatable bonds is 5. The van der Waals surface area contributed by atoms with E-state index in [1.54, 1.807) is 7.11 Å². The maximum atomic E-state index is 5.89. The van der Waals surface area contributed by atoms with Crippen LogP contribution in [0.2, 0.25) is 0 Å². The zero-order valence-corrected chi connectivity index (χ0v) is 12.1. The van der Waals surface area contributed by atoms with Crippen LogP contribution in [0.15, 0.2) is 30.3 Å². The van der Waals surface area contributed by atoms with Gasteiger partial charge in [0.2, 0.25) is 0 Å². The number of hydrogen-bond donors (Lipinski definition) is 1. The van der Waals surface area contributed by atoms with Crippen LogP contribution in [0.25, 0.3) is 0 Å². The molecule has 0 aliphatic heterocycles. The fraction of sp³-hybridized carbons (Fsp3) is 0.312. The van der Waals surface area contributed by atoms with E-state index in [0.29, 0.717) is 13.2 Å². The Labute approximate surface area is 119 Å². The predicted octanol–water partition coefficient (Wildman–Crippen LogP) is 2.74. The molecule has 0 radical (unpaired) electrons. The molecule has 1 aromatic heterocycles. The van der Waals surface area contributed by atoms with E-state index in [9.17, 15) is 0 Å². The number of methoxy groups -OCH3 is 1. The standard InChI is InChI=1S/C16H20N2O2/c1-11-8-16(15(9-17)12(2)18-11)20-10-13-4-6-14(19-3)7-5-13/h4-8H,9-10,17H2,1-3H3. The van der Waals surface area contributed by atoms with E-state index in [-0.39, 0.29) is 0 Å². The minimum Gasteiger partial charge on any atom is -0.497 e. The number of nitrogens with two attached hydrogens (primary N) is 1. The average Bonchev–Trinajstić information content (AvgIpc) is 2.45. The molecule has 4 heteroatoms. The van der Waals surface area contributed by atoms with Gasteiger partial charge in [-0.15, -0.1) is 0 Å². The van der Waals surface area contributed by atoms with Crippen molar-refractivity contribution >= 4 is 0 Å². The van der Waals surface area contributed by atoms with Crippen molar-refractivity contribution in [3.8, 4) is 11.5 Å². The minimum atomic E-state index is 0.428. The Morgan fingerprint density at radius 1 is 1.15 bits per heavy atom. The van der Waals surface area contributed by atoms with Crippen molar-refractivity contribution in [3.63, 3.8) is 0 Å². The fourth-order valence-electron chi connectivity index (χ4n) is 2.08. The summed E-state index contributed by atoms with van der Waals surface area (Å²) in [7, 11) is 1.65. The lowest BCUT2D eigenvalue weighted by Gasteiger charge is -2.13. The first kappa shape index (κ1) is 14.3. The van der Waals surface area contributed by atoms with E-state index in [2.05, 4.69) is 4.98 Å². The summed E-state index contributed by atoms with van der Waals surface area (Å²) in [5, 5.41) is 0. The first-order valence-corrected chi connectivity index (χ1v) is 6.57. The Morgan fingerprint density at radius 2 is 1.85 bits per heavy atom. The van der Waals surface area contributed by atoms with Crippen LogP contribution in [0.1, 0.15) is 22.5 Å². The molecule has 0 atom stereocenters. The van der Waals surface area contributed by atoms with Crippen molar-refractivity contribution in [2.45, 2.75) is 27.0 Å². The summed E-state index contributed by atoms with van der Waals surface area (Å²) >= 11 is 0. The fourth-order valence-corrected chi connectivity index (χ4v) is 2.08. The number of aromatic nitrogens is 1. The summed E-state index contributed by atoms with van der Waals surface area (Å²) in [5.41, 5.74) is 9.68. The Balaban J connectivity index is 2.13. The lowest BCUT2D eigenvalue weighted by atomic mass is 10.1. The molecule has 0 aliphatic rings. The molecule has 0 saturated heterocycles. The molecule has 1 aromatic carbocycles. The van der Waals surface area contributed by atoms with E-state index in [1.807, 2.05) is 44.2 Å². The molecular formula is C16H20N2O2. The highest BCUT2D eigenvalue weighted by molar-refractivity contribution is 5.38. The van der Waals surface area contributed by atoms with Crippen LogP contribution < -0.4 is 15.2 Å². The van der Waals surface area contributed by atoms with E-state index < -0.39 is 0 Å². The van der Waals surface area contributed by atoms with Gasteiger partial charge in [0.25, 0.3) is 0 Å². The molecule has 0 amide bonds. The molecule has 1 heterocycles. The second kappa shape index (κ2) is 6.39. The molecular weight excluding hydrogens is 252 g/mol. The molecule has 0 unspecified atom stereocenters. The number of pyridine rings is 1. The third kappa shape index (κ3) is 3.27. The van der Waals surface area contributed by atoms with Crippen molar-refractivity contribution < 1.29 is 9.47 Å². The van der Waals surface area contributed by atoms with Crippen molar-refractivity contribution in [2.24, 2.45) is 5.73 Å². The molecule has 0 fully saturated rings. The SMILES string of the molecule is COc1ccc(COc2cc(C)nc(C)c2CN)cc1. The molecule has 0 bridgehead atoms. The summed E-state index contributed by atoms with van der Waals surface area (Å²) < 4.78 is 11.0. The molecule has 0 aliphatic carbocycles. The minimum absolute atomic E-state index is 0.428. The Bertz CT molecular complexity index is 580. The van der Waals surface area contributed by atoms with Crippen molar-refractivity contribution in [3.05, 3.63) is 52.8 Å². The van der Waals surface area contributed by atoms with Gasteiger partial charge in [-0.2, -0.15) is 0 Å². The van der Waals surface area contributed by atoms with Gasteiger partial charge in [-0.1, -0.05) is 12.1 Å². The van der Waals surface area contributed by atoms with E-state index in [4.69, 9.17) is 15.2 Å². The van der Waals surface area contributed by atoms with Crippen molar-refractivity contribution in [1.82, 2.24) is 4.98 Å². The molecule has 2 aromatic rings. The van der Waals surface area contributed by atoms with Crippen LogP contribution in [0, 0.1) is 13.8 Å². The zero-order valence-electron chi connectivity index (χ0n) is 12.1. The van der Waals surface area contributed by atoms with Crippen LogP contribution in [-0.2, 0) is 13.2 Å². The number of benzene rings is 1. The van der Waals surface area contributed by atoms with Crippen LogP contribution in [-0.4, -0.2) is 12.1 Å². The zero-order chi connectivity index (χ0) is 14.5. The maximum Gasteiger partial charge on any atom is 0.127 e. The number of hydrogen-bond acceptors (Lipinski definition) is 4. The Kier molecular flexibility index (Phi) is 4.58. The average molecular weight is 272 g/mol. The van der Waals surface area contributed by atoms with Gasteiger partial charge >= 0.3 is 0 Å². The van der Waals surface area contributed by atoms with Gasteiger partial charge in [-0.05, 0) is 31.5 Å². The maximum absolute atomic E-state index is 5.89. The molecule has 2 N–H and O–H groups in total. The largest absolute Gasteiger partial charge is 0.497 e. The molecule has 0 spiro atoms. The molecule has 2 rings (SSSR count). The van der Waals surface area contributed by atoms with E-state index in [1.165, 1.54) is 0 Å². The van der Waals surface area contributed by atoms with E-state index in [0.717, 1.165) is 34.0 Å². The van der Waals surface area contributed by atoms with E-state index >= 15 is 0 Å². The summed E-state index contributed by atoms with van der Waals surface area (Å²) in [5.74, 6) is 1.65. The summed E-state index contributed by atoms with van der Waals surface area (Å²) in [4.78, 5) is 4.41. The summed E-state index contributed by atoms with van der Waals surface area (Å²) in [6.45, 7) is 4.83. The normalized spacial score (nSPS) is 10.4. The Morgan fingerprint density at radius 3 is 2.45 bits per heavy atom. The highest BCUT2D eigenvalue weighted by atomic mass is 16.5. The highest BCUT2D eigenvalue weighted by Crippen LogP contribution is 2.23. The van der Waals surface area contributed by atoms with Crippen LogP contribution in [0.5, 0.6) is 11.5 Å². The van der Waals surface area contributed by atoms with Crippen LogP contribution >= 0.6 is 0 Å². The predicted molar refractivity (Wildman–Crippen MR) is 78.9 cm³/mol. The number of nitrogens with zero attached hydrogens (tertiary/aromatic N) is 1. The van der Waals surface area contributed by atoms with Gasteiger partial charge in [-0.3, -0.25) is 4.98 Å². The number of ether oxygens (including phenoxy) is 2. The lowest BCUT2D eigenvalue weighted by Crippen LogP contribution is -2.07. The highest BCUT2D eigenvalue weighted by Gasteiger charge is 2.08. The van der Waals surface area contributed by atoms with Gasteiger partial charge in [0.1, 0.15) is 18.1 Å². The summed E-state index contributed by atoms with van der Waals surface area (Å²) in [6.07, 6.45) is 0. The summed E-state index contributed by atoms with van der Waals surface area (Å²) in [6, 6.07) is 9.75. The van der Waals surface area contributed by atoms with Gasteiger partial charge in [0, 0.05) is 29.6 Å². The molecule has 106 valence electrons. The number of aryl methyl sites for hydroxylation is 2. The second-order valence-electron chi connectivity index (χ2n) is 4.67.